The van der Waals surface area contributed by atoms with Gasteiger partial charge >= 0.3 is 0 Å². The smallest absolute Gasteiger partial charge is 0.294 e. The SMILES string of the molecule is CC(C)C(=O)C1=C(O)C(=O)N(c2ccc(F)cc2)C1c1ccc(O)cc1. The topological polar surface area (TPSA) is 77.8 Å². The van der Waals surface area contributed by atoms with Crippen molar-refractivity contribution in [2.24, 2.45) is 5.92 Å². The predicted octanol–water partition coefficient (Wildman–Crippen LogP) is 3.66. The van der Waals surface area contributed by atoms with Gasteiger partial charge < -0.3 is 10.2 Å². The summed E-state index contributed by atoms with van der Waals surface area (Å²) >= 11 is 0. The van der Waals surface area contributed by atoms with Crippen molar-refractivity contribution in [3.63, 3.8) is 0 Å². The fourth-order valence-corrected chi connectivity index (χ4v) is 3.01. The Bertz CT molecular complexity index is 885. The van der Waals surface area contributed by atoms with Crippen LogP contribution < -0.4 is 4.90 Å². The number of benzene rings is 2. The Morgan fingerprint density at radius 3 is 2.15 bits per heavy atom. The molecule has 5 nitrogen and oxygen atoms in total. The van der Waals surface area contributed by atoms with E-state index in [0.717, 1.165) is 0 Å². The average molecular weight is 355 g/mol. The molecule has 2 N–H and O–H groups in total. The van der Waals surface area contributed by atoms with Crippen LogP contribution in [0.3, 0.4) is 0 Å². The van der Waals surface area contributed by atoms with Gasteiger partial charge in [0, 0.05) is 11.6 Å². The minimum atomic E-state index is -0.858. The molecule has 2 aromatic carbocycles. The predicted molar refractivity (Wildman–Crippen MR) is 94.2 cm³/mol. The molecule has 0 radical (unpaired) electrons. The first kappa shape index (κ1) is 17.7. The number of hydrogen-bond acceptors (Lipinski definition) is 4. The Morgan fingerprint density at radius 1 is 1.04 bits per heavy atom. The highest BCUT2D eigenvalue weighted by Gasteiger charge is 2.44. The lowest BCUT2D eigenvalue weighted by molar-refractivity contribution is -0.119. The molecule has 1 atom stereocenters. The Morgan fingerprint density at radius 2 is 1.62 bits per heavy atom. The molecule has 0 spiro atoms. The van der Waals surface area contributed by atoms with Gasteiger partial charge in [0.15, 0.2) is 11.5 Å². The Kier molecular flexibility index (Phi) is 4.50. The number of ketones is 1. The zero-order valence-corrected chi connectivity index (χ0v) is 14.3. The molecule has 1 heterocycles. The molecular weight excluding hydrogens is 337 g/mol. The van der Waals surface area contributed by atoms with E-state index in [1.165, 1.54) is 41.3 Å². The Labute approximate surface area is 150 Å². The largest absolute Gasteiger partial charge is 0.508 e. The number of anilines is 1. The molecule has 1 aliphatic heterocycles. The van der Waals surface area contributed by atoms with Crippen LogP contribution in [0.25, 0.3) is 0 Å². The number of halogens is 1. The van der Waals surface area contributed by atoms with Crippen molar-refractivity contribution in [3.05, 3.63) is 71.2 Å². The summed E-state index contributed by atoms with van der Waals surface area (Å²) in [4.78, 5) is 26.6. The van der Waals surface area contributed by atoms with E-state index in [2.05, 4.69) is 0 Å². The Hall–Kier alpha value is -3.15. The maximum Gasteiger partial charge on any atom is 0.294 e. The number of Topliss-reactive ketones (excluding diaryl/α,β-unsaturated/α-hetero) is 1. The first-order valence-corrected chi connectivity index (χ1v) is 8.16. The van der Waals surface area contributed by atoms with Crippen molar-refractivity contribution in [1.29, 1.82) is 0 Å². The van der Waals surface area contributed by atoms with Crippen LogP contribution in [0.2, 0.25) is 0 Å². The van der Waals surface area contributed by atoms with E-state index < -0.39 is 29.4 Å². The number of hydrogen-bond donors (Lipinski definition) is 2. The van der Waals surface area contributed by atoms with E-state index >= 15 is 0 Å². The minimum absolute atomic E-state index is 0.0000137. The number of phenols is 1. The lowest BCUT2D eigenvalue weighted by Gasteiger charge is -2.27. The van der Waals surface area contributed by atoms with Crippen molar-refractivity contribution in [2.75, 3.05) is 4.90 Å². The second kappa shape index (κ2) is 6.63. The normalized spacial score (nSPS) is 17.3. The van der Waals surface area contributed by atoms with E-state index in [-0.39, 0.29) is 17.1 Å². The summed E-state index contributed by atoms with van der Waals surface area (Å²) in [6.45, 7) is 3.36. The number of nitrogens with zero attached hydrogens (tertiary/aromatic N) is 1. The summed E-state index contributed by atoms with van der Waals surface area (Å²) in [5.41, 5.74) is 0.904. The number of aromatic hydroxyl groups is 1. The fourth-order valence-electron chi connectivity index (χ4n) is 3.01. The van der Waals surface area contributed by atoms with Crippen molar-refractivity contribution >= 4 is 17.4 Å². The molecule has 0 saturated heterocycles. The molecule has 0 aromatic heterocycles. The number of rotatable bonds is 4. The van der Waals surface area contributed by atoms with Crippen molar-refractivity contribution < 1.29 is 24.2 Å². The van der Waals surface area contributed by atoms with Gasteiger partial charge in [0.05, 0.1) is 11.6 Å². The van der Waals surface area contributed by atoms with E-state index in [1.807, 2.05) is 0 Å². The highest BCUT2D eigenvalue weighted by atomic mass is 19.1. The third-order valence-electron chi connectivity index (χ3n) is 4.31. The van der Waals surface area contributed by atoms with Crippen LogP contribution in [0.15, 0.2) is 59.9 Å². The summed E-state index contributed by atoms with van der Waals surface area (Å²) in [5.74, 6) is -2.52. The van der Waals surface area contributed by atoms with E-state index in [0.29, 0.717) is 11.3 Å². The lowest BCUT2D eigenvalue weighted by atomic mass is 9.91. The summed E-state index contributed by atoms with van der Waals surface area (Å²) in [5, 5.41) is 19.9. The second-order valence-electron chi connectivity index (χ2n) is 6.43. The summed E-state index contributed by atoms with van der Waals surface area (Å²) in [6, 6.07) is 10.4. The van der Waals surface area contributed by atoms with Crippen LogP contribution in [0.1, 0.15) is 25.5 Å². The van der Waals surface area contributed by atoms with Gasteiger partial charge in [-0.25, -0.2) is 4.39 Å². The van der Waals surface area contributed by atoms with Gasteiger partial charge in [0.1, 0.15) is 11.6 Å². The molecule has 1 aliphatic rings. The van der Waals surface area contributed by atoms with E-state index in [9.17, 15) is 24.2 Å². The molecule has 0 fully saturated rings. The molecule has 0 aliphatic carbocycles. The quantitative estimate of drug-likeness (QED) is 0.877. The van der Waals surface area contributed by atoms with Crippen LogP contribution in [0.4, 0.5) is 10.1 Å². The minimum Gasteiger partial charge on any atom is -0.508 e. The van der Waals surface area contributed by atoms with Crippen LogP contribution in [0, 0.1) is 11.7 Å². The number of phenolic OH excluding ortho intramolecular Hbond substituents is 1. The fraction of sp³-hybridized carbons (Fsp3) is 0.200. The maximum atomic E-state index is 13.3. The molecule has 0 saturated carbocycles. The summed E-state index contributed by atoms with van der Waals surface area (Å²) < 4.78 is 13.3. The van der Waals surface area contributed by atoms with Crippen molar-refractivity contribution in [3.8, 4) is 5.75 Å². The molecule has 26 heavy (non-hydrogen) atoms. The molecule has 1 unspecified atom stereocenters. The Balaban J connectivity index is 2.17. The van der Waals surface area contributed by atoms with Crippen LogP contribution >= 0.6 is 0 Å². The van der Waals surface area contributed by atoms with E-state index in [1.54, 1.807) is 26.0 Å². The molecular formula is C20H18FNO4. The van der Waals surface area contributed by atoms with Crippen LogP contribution in [-0.2, 0) is 9.59 Å². The zero-order valence-electron chi connectivity index (χ0n) is 14.3. The van der Waals surface area contributed by atoms with Gasteiger partial charge in [-0.05, 0) is 42.0 Å². The third kappa shape index (κ3) is 2.94. The van der Waals surface area contributed by atoms with Gasteiger partial charge in [0.25, 0.3) is 5.91 Å². The van der Waals surface area contributed by atoms with Crippen LogP contribution in [0.5, 0.6) is 5.75 Å². The second-order valence-corrected chi connectivity index (χ2v) is 6.43. The van der Waals surface area contributed by atoms with Crippen LogP contribution in [-0.4, -0.2) is 21.9 Å². The highest BCUT2D eigenvalue weighted by molar-refractivity contribution is 6.16. The molecule has 0 bridgehead atoms. The maximum absolute atomic E-state index is 13.3. The van der Waals surface area contributed by atoms with Gasteiger partial charge in [-0.15, -0.1) is 0 Å². The third-order valence-corrected chi connectivity index (χ3v) is 4.31. The van der Waals surface area contributed by atoms with Gasteiger partial charge in [-0.2, -0.15) is 0 Å². The van der Waals surface area contributed by atoms with Gasteiger partial charge in [0.2, 0.25) is 0 Å². The summed E-state index contributed by atoms with van der Waals surface area (Å²) in [6.07, 6.45) is 0. The average Bonchev–Trinajstić information content (AvgIpc) is 2.87. The van der Waals surface area contributed by atoms with Crippen molar-refractivity contribution in [2.45, 2.75) is 19.9 Å². The first-order chi connectivity index (χ1) is 12.3. The number of amides is 1. The van der Waals surface area contributed by atoms with Crippen molar-refractivity contribution in [1.82, 2.24) is 0 Å². The molecule has 6 heteroatoms. The molecule has 2 aromatic rings. The standard InChI is InChI=1S/C20H18FNO4/c1-11(2)18(24)16-17(12-3-9-15(23)10-4-12)22(20(26)19(16)25)14-7-5-13(21)6-8-14/h3-11,17,23,25H,1-2H3. The van der Waals surface area contributed by atoms with Gasteiger partial charge in [-0.3, -0.25) is 14.5 Å². The lowest BCUT2D eigenvalue weighted by Crippen LogP contribution is -2.31. The number of carbonyl (C=O) groups is 2. The molecule has 1 amide bonds. The first-order valence-electron chi connectivity index (χ1n) is 8.16. The zero-order chi connectivity index (χ0) is 19.0. The number of aliphatic hydroxyl groups is 1. The van der Waals surface area contributed by atoms with Gasteiger partial charge in [-0.1, -0.05) is 26.0 Å². The van der Waals surface area contributed by atoms with E-state index in [4.69, 9.17) is 0 Å². The number of carbonyl (C=O) groups excluding carboxylic acids is 2. The highest BCUT2D eigenvalue weighted by Crippen LogP contribution is 2.42. The molecule has 3 rings (SSSR count). The monoisotopic (exact) mass is 355 g/mol. The summed E-state index contributed by atoms with van der Waals surface area (Å²) in [7, 11) is 0. The molecule has 134 valence electrons. The number of aliphatic hydroxyl groups excluding tert-OH is 1.